The summed E-state index contributed by atoms with van der Waals surface area (Å²) in [5.74, 6) is -1.58. The summed E-state index contributed by atoms with van der Waals surface area (Å²) in [5, 5.41) is 14.8. The predicted octanol–water partition coefficient (Wildman–Crippen LogP) is 4.52. The second kappa shape index (κ2) is 14.9. The molecule has 0 saturated carbocycles. The second-order valence-corrected chi connectivity index (χ2v) is 8.85. The van der Waals surface area contributed by atoms with Crippen LogP contribution in [0, 0.1) is 0 Å². The number of ether oxygens (including phenoxy) is 1. The van der Waals surface area contributed by atoms with Gasteiger partial charge < -0.3 is 20.5 Å². The SMILES string of the molecule is O=C(CCCCCNC(=O)OCc1ccccc1)N[C@H](Cc1ccc(C(=O)c2ccccc2)cc1)C(=O)O. The maximum atomic E-state index is 12.5. The Bertz CT molecular complexity index is 1200. The molecule has 198 valence electrons. The molecule has 0 spiro atoms. The molecule has 8 heteroatoms. The molecule has 0 aliphatic heterocycles. The van der Waals surface area contributed by atoms with Gasteiger partial charge >= 0.3 is 12.1 Å². The Hall–Kier alpha value is -4.46. The Kier molecular flexibility index (Phi) is 11.1. The van der Waals surface area contributed by atoms with Gasteiger partial charge in [-0.3, -0.25) is 9.59 Å². The van der Waals surface area contributed by atoms with Crippen LogP contribution in [0.5, 0.6) is 0 Å². The van der Waals surface area contributed by atoms with Crippen LogP contribution in [0.15, 0.2) is 84.9 Å². The lowest BCUT2D eigenvalue weighted by atomic mass is 9.99. The molecule has 0 unspecified atom stereocenters. The van der Waals surface area contributed by atoms with Gasteiger partial charge in [0.05, 0.1) is 0 Å². The highest BCUT2D eigenvalue weighted by Crippen LogP contribution is 2.13. The molecule has 0 aliphatic rings. The van der Waals surface area contributed by atoms with Crippen molar-refractivity contribution in [3.8, 4) is 0 Å². The Morgan fingerprint density at radius 2 is 1.37 bits per heavy atom. The Morgan fingerprint density at radius 3 is 2.03 bits per heavy atom. The third-order valence-corrected chi connectivity index (χ3v) is 5.89. The number of nitrogens with one attached hydrogen (secondary N) is 2. The fourth-order valence-electron chi connectivity index (χ4n) is 3.80. The van der Waals surface area contributed by atoms with Crippen molar-refractivity contribution >= 4 is 23.8 Å². The minimum atomic E-state index is -1.12. The van der Waals surface area contributed by atoms with Crippen molar-refractivity contribution in [3.05, 3.63) is 107 Å². The summed E-state index contributed by atoms with van der Waals surface area (Å²) in [6, 6.07) is 24.0. The largest absolute Gasteiger partial charge is 0.480 e. The lowest BCUT2D eigenvalue weighted by molar-refractivity contribution is -0.141. The first-order valence-electron chi connectivity index (χ1n) is 12.6. The topological polar surface area (TPSA) is 122 Å². The van der Waals surface area contributed by atoms with E-state index in [0.29, 0.717) is 42.5 Å². The first kappa shape index (κ1) is 28.1. The monoisotopic (exact) mass is 516 g/mol. The standard InChI is InChI=1S/C30H32N2O6/c33-27(14-8-3-9-19-31-30(37)38-21-23-10-4-1-5-11-23)32-26(29(35)36)20-22-15-17-25(18-16-22)28(34)24-12-6-2-7-13-24/h1-2,4-7,10-13,15-18,26H,3,8-9,14,19-21H2,(H,31,37)(H,32,33)(H,35,36)/t26-/m1/s1. The van der Waals surface area contributed by atoms with Crippen LogP contribution >= 0.6 is 0 Å². The number of carboxylic acids is 1. The van der Waals surface area contributed by atoms with Crippen molar-refractivity contribution in [3.63, 3.8) is 0 Å². The molecule has 0 saturated heterocycles. The third kappa shape index (κ3) is 9.54. The highest BCUT2D eigenvalue weighted by atomic mass is 16.5. The van der Waals surface area contributed by atoms with Crippen molar-refractivity contribution in [2.45, 2.75) is 44.8 Å². The fourth-order valence-corrected chi connectivity index (χ4v) is 3.80. The summed E-state index contributed by atoms with van der Waals surface area (Å²) < 4.78 is 5.14. The van der Waals surface area contributed by atoms with E-state index in [0.717, 1.165) is 5.56 Å². The number of carbonyl (C=O) groups is 4. The zero-order valence-electron chi connectivity index (χ0n) is 21.1. The molecule has 1 atom stereocenters. The molecule has 0 fully saturated rings. The van der Waals surface area contributed by atoms with E-state index in [9.17, 15) is 24.3 Å². The number of ketones is 1. The summed E-state index contributed by atoms with van der Waals surface area (Å²) in [6.07, 6.45) is 1.73. The van der Waals surface area contributed by atoms with Crippen LogP contribution in [0.4, 0.5) is 4.79 Å². The number of unbranched alkanes of at least 4 members (excludes halogenated alkanes) is 2. The average Bonchev–Trinajstić information content (AvgIpc) is 2.94. The van der Waals surface area contributed by atoms with Gasteiger partial charge in [0.1, 0.15) is 12.6 Å². The average molecular weight is 517 g/mol. The van der Waals surface area contributed by atoms with Crippen LogP contribution in [0.2, 0.25) is 0 Å². The number of hydrogen-bond acceptors (Lipinski definition) is 5. The van der Waals surface area contributed by atoms with Gasteiger partial charge in [0.25, 0.3) is 0 Å². The van der Waals surface area contributed by atoms with E-state index >= 15 is 0 Å². The van der Waals surface area contributed by atoms with E-state index in [1.54, 1.807) is 48.5 Å². The first-order chi connectivity index (χ1) is 18.4. The Morgan fingerprint density at radius 1 is 0.737 bits per heavy atom. The molecule has 3 aromatic rings. The van der Waals surface area contributed by atoms with E-state index < -0.39 is 18.1 Å². The molecule has 0 heterocycles. The van der Waals surface area contributed by atoms with Crippen molar-refractivity contribution < 1.29 is 29.0 Å². The Balaban J connectivity index is 1.33. The quantitative estimate of drug-likeness (QED) is 0.214. The number of alkyl carbamates (subject to hydrolysis) is 1. The lowest BCUT2D eigenvalue weighted by Crippen LogP contribution is -2.42. The van der Waals surface area contributed by atoms with Crippen molar-refractivity contribution in [1.29, 1.82) is 0 Å². The highest BCUT2D eigenvalue weighted by Gasteiger charge is 2.20. The number of rotatable bonds is 14. The lowest BCUT2D eigenvalue weighted by Gasteiger charge is -2.15. The van der Waals surface area contributed by atoms with Crippen LogP contribution in [0.3, 0.4) is 0 Å². The minimum Gasteiger partial charge on any atom is -0.480 e. The van der Waals surface area contributed by atoms with Crippen molar-refractivity contribution in [2.75, 3.05) is 6.54 Å². The second-order valence-electron chi connectivity index (χ2n) is 8.85. The van der Waals surface area contributed by atoms with E-state index in [-0.39, 0.29) is 31.1 Å². The fraction of sp³-hybridized carbons (Fsp3) is 0.267. The van der Waals surface area contributed by atoms with E-state index in [2.05, 4.69) is 10.6 Å². The molecule has 3 N–H and O–H groups in total. The van der Waals surface area contributed by atoms with Gasteiger partial charge in [-0.05, 0) is 24.0 Å². The molecule has 38 heavy (non-hydrogen) atoms. The summed E-state index contributed by atoms with van der Waals surface area (Å²) in [6.45, 7) is 0.628. The molecule has 0 bridgehead atoms. The van der Waals surface area contributed by atoms with Gasteiger partial charge in [-0.15, -0.1) is 0 Å². The van der Waals surface area contributed by atoms with Crippen LogP contribution in [-0.4, -0.2) is 41.4 Å². The van der Waals surface area contributed by atoms with E-state index in [1.807, 2.05) is 36.4 Å². The zero-order chi connectivity index (χ0) is 27.2. The van der Waals surface area contributed by atoms with Gasteiger partial charge in [0.15, 0.2) is 5.78 Å². The first-order valence-corrected chi connectivity index (χ1v) is 12.6. The van der Waals surface area contributed by atoms with Gasteiger partial charge in [-0.2, -0.15) is 0 Å². The van der Waals surface area contributed by atoms with E-state index in [1.165, 1.54) is 0 Å². The van der Waals surface area contributed by atoms with Gasteiger partial charge in [0.2, 0.25) is 5.91 Å². The number of carbonyl (C=O) groups excluding carboxylic acids is 3. The molecular formula is C30H32N2O6. The van der Waals surface area contributed by atoms with Crippen LogP contribution in [-0.2, 0) is 27.4 Å². The number of hydrogen-bond donors (Lipinski definition) is 3. The summed E-state index contributed by atoms with van der Waals surface area (Å²) >= 11 is 0. The van der Waals surface area contributed by atoms with Crippen LogP contribution in [0.25, 0.3) is 0 Å². The van der Waals surface area contributed by atoms with Crippen molar-refractivity contribution in [1.82, 2.24) is 10.6 Å². The maximum Gasteiger partial charge on any atom is 0.407 e. The summed E-state index contributed by atoms with van der Waals surface area (Å²) in [4.78, 5) is 48.3. The number of carboxylic acid groups (broad SMARTS) is 1. The molecule has 0 radical (unpaired) electrons. The number of amides is 2. The molecule has 0 aromatic heterocycles. The number of aliphatic carboxylic acids is 1. The zero-order valence-corrected chi connectivity index (χ0v) is 21.1. The van der Waals surface area contributed by atoms with Crippen molar-refractivity contribution in [2.24, 2.45) is 0 Å². The highest BCUT2D eigenvalue weighted by molar-refractivity contribution is 6.08. The van der Waals surface area contributed by atoms with Gasteiger partial charge in [-0.1, -0.05) is 91.3 Å². The van der Waals surface area contributed by atoms with Crippen LogP contribution in [0.1, 0.15) is 52.7 Å². The van der Waals surface area contributed by atoms with Gasteiger partial charge in [-0.25, -0.2) is 9.59 Å². The molecule has 3 rings (SSSR count). The van der Waals surface area contributed by atoms with Crippen LogP contribution < -0.4 is 10.6 Å². The third-order valence-electron chi connectivity index (χ3n) is 5.89. The molecule has 0 aliphatic carbocycles. The summed E-state index contributed by atoms with van der Waals surface area (Å²) in [5.41, 5.74) is 2.69. The predicted molar refractivity (Wildman–Crippen MR) is 143 cm³/mol. The molecule has 2 amide bonds. The molecule has 3 aromatic carbocycles. The molecule has 8 nitrogen and oxygen atoms in total. The number of benzene rings is 3. The molecular weight excluding hydrogens is 484 g/mol. The normalized spacial score (nSPS) is 11.3. The minimum absolute atomic E-state index is 0.107. The van der Waals surface area contributed by atoms with Gasteiger partial charge in [0, 0.05) is 30.5 Å². The smallest absolute Gasteiger partial charge is 0.407 e. The summed E-state index contributed by atoms with van der Waals surface area (Å²) in [7, 11) is 0. The van der Waals surface area contributed by atoms with E-state index in [4.69, 9.17) is 4.74 Å². The Labute approximate surface area is 222 Å². The maximum absolute atomic E-state index is 12.5.